The van der Waals surface area contributed by atoms with E-state index in [1.807, 2.05) is 25.1 Å². The van der Waals surface area contributed by atoms with Gasteiger partial charge in [0.1, 0.15) is 11.6 Å². The van der Waals surface area contributed by atoms with Crippen LogP contribution >= 0.6 is 0 Å². The van der Waals surface area contributed by atoms with Gasteiger partial charge in [-0.05, 0) is 19.1 Å². The number of aromatic nitrogens is 3. The first-order valence-electron chi connectivity index (χ1n) is 5.91. The van der Waals surface area contributed by atoms with Gasteiger partial charge in [0, 0.05) is 24.0 Å². The first-order valence-corrected chi connectivity index (χ1v) is 5.91. The fourth-order valence-electron chi connectivity index (χ4n) is 2.00. The monoisotopic (exact) mass is 255 g/mol. The highest BCUT2D eigenvalue weighted by Gasteiger charge is 2.09. The van der Waals surface area contributed by atoms with E-state index in [9.17, 15) is 4.79 Å². The molecule has 0 saturated carbocycles. The third kappa shape index (κ3) is 1.99. The average molecular weight is 255 g/mol. The van der Waals surface area contributed by atoms with E-state index in [4.69, 9.17) is 4.74 Å². The molecule has 1 aromatic carbocycles. The molecule has 0 saturated heterocycles. The lowest BCUT2D eigenvalue weighted by atomic mass is 10.2. The van der Waals surface area contributed by atoms with Gasteiger partial charge in [0.15, 0.2) is 5.43 Å². The van der Waals surface area contributed by atoms with Gasteiger partial charge in [0.2, 0.25) is 0 Å². The van der Waals surface area contributed by atoms with Gasteiger partial charge in [-0.15, -0.1) is 0 Å². The van der Waals surface area contributed by atoms with Gasteiger partial charge in [0.25, 0.3) is 0 Å². The molecule has 2 aromatic heterocycles. The number of ether oxygens (including phenoxy) is 1. The summed E-state index contributed by atoms with van der Waals surface area (Å²) in [6.07, 6.45) is 1.67. The number of rotatable bonds is 2. The Bertz CT molecular complexity index is 802. The summed E-state index contributed by atoms with van der Waals surface area (Å²) in [5.74, 6) is 1.31. The third-order valence-corrected chi connectivity index (χ3v) is 3.00. The molecule has 96 valence electrons. The van der Waals surface area contributed by atoms with Crippen LogP contribution in [0.15, 0.2) is 35.3 Å². The lowest BCUT2D eigenvalue weighted by Gasteiger charge is -1.97. The van der Waals surface area contributed by atoms with E-state index in [-0.39, 0.29) is 5.43 Å². The summed E-state index contributed by atoms with van der Waals surface area (Å²) in [6, 6.07) is 7.11. The molecule has 2 heterocycles. The topological polar surface area (TPSA) is 70.8 Å². The van der Waals surface area contributed by atoms with Crippen molar-refractivity contribution in [2.75, 3.05) is 7.11 Å². The summed E-state index contributed by atoms with van der Waals surface area (Å²) in [5.41, 5.74) is 2.94. The minimum atomic E-state index is -0.0535. The molecule has 0 unspecified atom stereocenters. The number of nitrogens with zero attached hydrogens (tertiary/aromatic N) is 1. The van der Waals surface area contributed by atoms with E-state index >= 15 is 0 Å². The van der Waals surface area contributed by atoms with E-state index in [1.54, 1.807) is 19.4 Å². The maximum absolute atomic E-state index is 11.9. The van der Waals surface area contributed by atoms with Crippen molar-refractivity contribution in [3.8, 4) is 17.1 Å². The Balaban J connectivity index is 2.17. The summed E-state index contributed by atoms with van der Waals surface area (Å²) < 4.78 is 5.16. The third-order valence-electron chi connectivity index (χ3n) is 3.00. The van der Waals surface area contributed by atoms with Gasteiger partial charge in [-0.1, -0.05) is 0 Å². The molecule has 0 aliphatic heterocycles. The summed E-state index contributed by atoms with van der Waals surface area (Å²) in [6.45, 7) is 1.84. The Hall–Kier alpha value is -2.56. The average Bonchev–Trinajstić information content (AvgIpc) is 2.80. The van der Waals surface area contributed by atoms with Gasteiger partial charge in [-0.2, -0.15) is 0 Å². The normalized spacial score (nSPS) is 10.8. The number of pyridine rings is 1. The summed E-state index contributed by atoms with van der Waals surface area (Å²) in [7, 11) is 1.61. The number of aryl methyl sites for hydroxylation is 1. The number of methoxy groups -OCH3 is 1. The number of aromatic amines is 2. The van der Waals surface area contributed by atoms with E-state index in [0.717, 1.165) is 22.5 Å². The fourth-order valence-corrected chi connectivity index (χ4v) is 2.00. The number of hydrogen-bond acceptors (Lipinski definition) is 3. The smallest absolute Gasteiger partial charge is 0.192 e. The maximum Gasteiger partial charge on any atom is 0.192 e. The SMILES string of the molecule is COc1ccc2nc(-c3c[nH]c(C)cc3=O)[nH]c2c1. The Labute approximate surface area is 109 Å². The molecule has 0 bridgehead atoms. The maximum atomic E-state index is 11.9. The van der Waals surface area contributed by atoms with Crippen molar-refractivity contribution in [3.63, 3.8) is 0 Å². The van der Waals surface area contributed by atoms with Gasteiger partial charge in [0.05, 0.1) is 23.7 Å². The molecule has 5 heteroatoms. The molecule has 0 amide bonds. The van der Waals surface area contributed by atoms with Crippen LogP contribution in [-0.4, -0.2) is 22.1 Å². The zero-order chi connectivity index (χ0) is 13.4. The summed E-state index contributed by atoms with van der Waals surface area (Å²) >= 11 is 0. The van der Waals surface area contributed by atoms with Gasteiger partial charge < -0.3 is 14.7 Å². The van der Waals surface area contributed by atoms with Crippen LogP contribution in [0.25, 0.3) is 22.4 Å². The van der Waals surface area contributed by atoms with Crippen LogP contribution in [-0.2, 0) is 0 Å². The van der Waals surface area contributed by atoms with Crippen LogP contribution in [0.5, 0.6) is 5.75 Å². The number of nitrogens with one attached hydrogen (secondary N) is 2. The van der Waals surface area contributed by atoms with Crippen molar-refractivity contribution in [1.82, 2.24) is 15.0 Å². The number of hydrogen-bond donors (Lipinski definition) is 2. The molecular formula is C14H13N3O2. The molecule has 0 radical (unpaired) electrons. The van der Waals surface area contributed by atoms with Gasteiger partial charge >= 0.3 is 0 Å². The number of imidazole rings is 1. The van der Waals surface area contributed by atoms with Crippen LogP contribution in [0.2, 0.25) is 0 Å². The van der Waals surface area contributed by atoms with Crippen molar-refractivity contribution >= 4 is 11.0 Å². The van der Waals surface area contributed by atoms with Gasteiger partial charge in [-0.25, -0.2) is 4.98 Å². The van der Waals surface area contributed by atoms with Crippen molar-refractivity contribution in [2.45, 2.75) is 6.92 Å². The molecule has 3 rings (SSSR count). The first kappa shape index (κ1) is 11.5. The molecule has 0 atom stereocenters. The molecule has 0 fully saturated rings. The minimum absolute atomic E-state index is 0.0535. The molecule has 5 nitrogen and oxygen atoms in total. The van der Waals surface area contributed by atoms with Crippen LogP contribution in [0.3, 0.4) is 0 Å². The Kier molecular flexibility index (Phi) is 2.59. The van der Waals surface area contributed by atoms with E-state index in [1.165, 1.54) is 0 Å². The predicted molar refractivity (Wildman–Crippen MR) is 73.4 cm³/mol. The van der Waals surface area contributed by atoms with E-state index < -0.39 is 0 Å². The highest BCUT2D eigenvalue weighted by Crippen LogP contribution is 2.21. The van der Waals surface area contributed by atoms with Crippen LogP contribution in [0.1, 0.15) is 5.69 Å². The van der Waals surface area contributed by atoms with E-state index in [0.29, 0.717) is 11.4 Å². The molecule has 19 heavy (non-hydrogen) atoms. The van der Waals surface area contributed by atoms with Crippen LogP contribution in [0.4, 0.5) is 0 Å². The highest BCUT2D eigenvalue weighted by molar-refractivity contribution is 5.80. The molecule has 0 spiro atoms. The first-order chi connectivity index (χ1) is 9.17. The molecule has 0 aliphatic rings. The molecule has 3 aromatic rings. The Morgan fingerprint density at radius 1 is 1.26 bits per heavy atom. The quantitative estimate of drug-likeness (QED) is 0.737. The fraction of sp³-hybridized carbons (Fsp3) is 0.143. The number of fused-ring (bicyclic) bond motifs is 1. The van der Waals surface area contributed by atoms with E-state index in [2.05, 4.69) is 15.0 Å². The molecular weight excluding hydrogens is 242 g/mol. The largest absolute Gasteiger partial charge is 0.497 e. The summed E-state index contributed by atoms with van der Waals surface area (Å²) in [5, 5.41) is 0. The van der Waals surface area contributed by atoms with Crippen LogP contribution < -0.4 is 10.2 Å². The number of benzene rings is 1. The second-order valence-corrected chi connectivity index (χ2v) is 4.36. The van der Waals surface area contributed by atoms with Crippen LogP contribution in [0, 0.1) is 6.92 Å². The lowest BCUT2D eigenvalue weighted by molar-refractivity contribution is 0.415. The Morgan fingerprint density at radius 2 is 2.11 bits per heavy atom. The number of H-pyrrole nitrogens is 2. The predicted octanol–water partition coefficient (Wildman–Crippen LogP) is 2.24. The highest BCUT2D eigenvalue weighted by atomic mass is 16.5. The zero-order valence-electron chi connectivity index (χ0n) is 10.7. The Morgan fingerprint density at radius 3 is 2.84 bits per heavy atom. The van der Waals surface area contributed by atoms with Gasteiger partial charge in [-0.3, -0.25) is 4.79 Å². The second-order valence-electron chi connectivity index (χ2n) is 4.36. The van der Waals surface area contributed by atoms with Crippen molar-refractivity contribution < 1.29 is 4.74 Å². The molecule has 2 N–H and O–H groups in total. The van der Waals surface area contributed by atoms with Crippen molar-refractivity contribution in [1.29, 1.82) is 0 Å². The summed E-state index contributed by atoms with van der Waals surface area (Å²) in [4.78, 5) is 22.5. The van der Waals surface area contributed by atoms with Crippen molar-refractivity contribution in [2.24, 2.45) is 0 Å². The minimum Gasteiger partial charge on any atom is -0.497 e. The van der Waals surface area contributed by atoms with Crippen molar-refractivity contribution in [3.05, 3.63) is 46.4 Å². The lowest BCUT2D eigenvalue weighted by Crippen LogP contribution is -2.05. The standard InChI is InChI=1S/C14H13N3O2/c1-8-5-13(18)10(7-15-8)14-16-11-4-3-9(19-2)6-12(11)17-14/h3-7H,1-2H3,(H,15,18)(H,16,17). The second kappa shape index (κ2) is 4.28. The zero-order valence-corrected chi connectivity index (χ0v) is 10.7. The molecule has 0 aliphatic carbocycles.